The van der Waals surface area contributed by atoms with E-state index in [2.05, 4.69) is 54.2 Å². The Morgan fingerprint density at radius 1 is 1.24 bits per heavy atom. The van der Waals surface area contributed by atoms with Gasteiger partial charge in [0.2, 0.25) is 0 Å². The van der Waals surface area contributed by atoms with Crippen molar-refractivity contribution in [3.05, 3.63) is 21.9 Å². The number of rotatable bonds is 7. The molecular formula is C16H29N3OS. The molecule has 0 aliphatic carbocycles. The van der Waals surface area contributed by atoms with E-state index in [-0.39, 0.29) is 0 Å². The van der Waals surface area contributed by atoms with Gasteiger partial charge in [0.05, 0.1) is 13.2 Å². The summed E-state index contributed by atoms with van der Waals surface area (Å²) in [6.45, 7) is 9.42. The van der Waals surface area contributed by atoms with Crippen molar-refractivity contribution in [1.82, 2.24) is 14.7 Å². The van der Waals surface area contributed by atoms with Crippen LogP contribution in [0.1, 0.15) is 17.4 Å². The second kappa shape index (κ2) is 8.25. The average Bonchev–Trinajstić information content (AvgIpc) is 2.85. The Morgan fingerprint density at radius 3 is 2.62 bits per heavy atom. The zero-order valence-corrected chi connectivity index (χ0v) is 14.7. The second-order valence-corrected chi connectivity index (χ2v) is 7.35. The van der Waals surface area contributed by atoms with Gasteiger partial charge in [-0.25, -0.2) is 0 Å². The number of hydrogen-bond acceptors (Lipinski definition) is 5. The van der Waals surface area contributed by atoms with E-state index in [0.717, 1.165) is 45.9 Å². The molecule has 1 fully saturated rings. The monoisotopic (exact) mass is 311 g/mol. The van der Waals surface area contributed by atoms with Crippen LogP contribution in [0.4, 0.5) is 0 Å². The number of likely N-dealkylation sites (N-methyl/N-ethyl adjacent to an activating group) is 1. The maximum Gasteiger partial charge on any atom is 0.0594 e. The van der Waals surface area contributed by atoms with Gasteiger partial charge in [-0.3, -0.25) is 9.80 Å². The molecule has 0 radical (unpaired) electrons. The lowest BCUT2D eigenvalue weighted by atomic mass is 10.2. The topological polar surface area (TPSA) is 19.0 Å². The van der Waals surface area contributed by atoms with Crippen LogP contribution in [0.5, 0.6) is 0 Å². The zero-order chi connectivity index (χ0) is 15.2. The number of nitrogens with zero attached hydrogens (tertiary/aromatic N) is 3. The van der Waals surface area contributed by atoms with Crippen LogP contribution in [0.25, 0.3) is 0 Å². The fraction of sp³-hybridized carbons (Fsp3) is 0.750. The van der Waals surface area contributed by atoms with E-state index in [1.54, 1.807) is 0 Å². The lowest BCUT2D eigenvalue weighted by molar-refractivity contribution is 0.0137. The molecule has 1 aromatic heterocycles. The minimum Gasteiger partial charge on any atom is -0.379 e. The summed E-state index contributed by atoms with van der Waals surface area (Å²) in [5, 5.41) is 2.29. The Kier molecular flexibility index (Phi) is 6.64. The Bertz CT molecular complexity index is 415. The Hall–Kier alpha value is -0.460. The van der Waals surface area contributed by atoms with Gasteiger partial charge in [-0.05, 0) is 45.1 Å². The van der Waals surface area contributed by atoms with E-state index < -0.39 is 0 Å². The highest BCUT2D eigenvalue weighted by atomic mass is 32.1. The highest BCUT2D eigenvalue weighted by molar-refractivity contribution is 7.10. The molecule has 0 N–H and O–H groups in total. The molecule has 1 aromatic rings. The molecule has 4 nitrogen and oxygen atoms in total. The largest absolute Gasteiger partial charge is 0.379 e. The summed E-state index contributed by atoms with van der Waals surface area (Å²) in [6, 6.07) is 2.95. The molecule has 2 rings (SSSR count). The molecule has 5 heteroatoms. The van der Waals surface area contributed by atoms with Gasteiger partial charge >= 0.3 is 0 Å². The fourth-order valence-corrected chi connectivity index (χ4v) is 3.83. The minimum absolute atomic E-state index is 0.597. The first kappa shape index (κ1) is 16.9. The van der Waals surface area contributed by atoms with E-state index in [1.165, 1.54) is 10.4 Å². The van der Waals surface area contributed by atoms with Crippen LogP contribution < -0.4 is 0 Å². The zero-order valence-electron chi connectivity index (χ0n) is 13.8. The Labute approximate surface area is 133 Å². The molecule has 0 amide bonds. The van der Waals surface area contributed by atoms with Crippen LogP contribution in [-0.2, 0) is 17.8 Å². The van der Waals surface area contributed by atoms with Gasteiger partial charge in [-0.2, -0.15) is 0 Å². The number of morpholine rings is 1. The van der Waals surface area contributed by atoms with Gasteiger partial charge in [0.1, 0.15) is 0 Å². The molecule has 120 valence electrons. The van der Waals surface area contributed by atoms with E-state index in [4.69, 9.17) is 4.74 Å². The summed E-state index contributed by atoms with van der Waals surface area (Å²) >= 11 is 1.88. The maximum atomic E-state index is 5.43. The van der Waals surface area contributed by atoms with Crippen LogP contribution in [0, 0.1) is 0 Å². The Morgan fingerprint density at radius 2 is 1.95 bits per heavy atom. The van der Waals surface area contributed by atoms with Gasteiger partial charge in [0.25, 0.3) is 0 Å². The van der Waals surface area contributed by atoms with Crippen molar-refractivity contribution < 1.29 is 4.74 Å². The summed E-state index contributed by atoms with van der Waals surface area (Å²) in [7, 11) is 6.46. The van der Waals surface area contributed by atoms with Crippen molar-refractivity contribution in [2.75, 3.05) is 54.0 Å². The van der Waals surface area contributed by atoms with Crippen molar-refractivity contribution in [3.63, 3.8) is 0 Å². The smallest absolute Gasteiger partial charge is 0.0594 e. The maximum absolute atomic E-state index is 5.43. The summed E-state index contributed by atoms with van der Waals surface area (Å²) in [5.41, 5.74) is 1.43. The molecular weight excluding hydrogens is 282 g/mol. The molecule has 1 aliphatic heterocycles. The van der Waals surface area contributed by atoms with Crippen LogP contribution in [-0.4, -0.2) is 74.7 Å². The first-order valence-corrected chi connectivity index (χ1v) is 8.64. The van der Waals surface area contributed by atoms with Crippen molar-refractivity contribution in [2.45, 2.75) is 26.1 Å². The van der Waals surface area contributed by atoms with Gasteiger partial charge < -0.3 is 9.64 Å². The van der Waals surface area contributed by atoms with E-state index in [0.29, 0.717) is 6.04 Å². The van der Waals surface area contributed by atoms with Crippen LogP contribution >= 0.6 is 11.3 Å². The van der Waals surface area contributed by atoms with E-state index in [1.807, 2.05) is 11.3 Å². The van der Waals surface area contributed by atoms with Gasteiger partial charge in [0.15, 0.2) is 0 Å². The standard InChI is InChI=1S/C16H29N3OS/c1-14(19-5-7-20-8-6-19)10-18(4)12-16-9-15(13-21-16)11-17(2)3/h9,13-14H,5-8,10-12H2,1-4H3/t14-/m0/s1. The molecule has 0 bridgehead atoms. The molecule has 0 aromatic carbocycles. The van der Waals surface area contributed by atoms with Crippen LogP contribution in [0.15, 0.2) is 11.4 Å². The number of thiophene rings is 1. The van der Waals surface area contributed by atoms with Crippen molar-refractivity contribution >= 4 is 11.3 Å². The molecule has 0 spiro atoms. The predicted octanol–water partition coefficient (Wildman–Crippen LogP) is 1.96. The number of ether oxygens (including phenoxy) is 1. The number of hydrogen-bond donors (Lipinski definition) is 0. The molecule has 2 heterocycles. The highest BCUT2D eigenvalue weighted by Crippen LogP contribution is 2.18. The third-order valence-corrected chi connectivity index (χ3v) is 4.85. The van der Waals surface area contributed by atoms with Gasteiger partial charge in [-0.1, -0.05) is 0 Å². The van der Waals surface area contributed by atoms with Crippen LogP contribution in [0.3, 0.4) is 0 Å². The van der Waals surface area contributed by atoms with Crippen molar-refractivity contribution in [2.24, 2.45) is 0 Å². The fourth-order valence-electron chi connectivity index (χ4n) is 2.87. The SMILES string of the molecule is C[C@@H](CN(C)Cc1cc(CN(C)C)cs1)N1CCOCC1. The predicted molar refractivity (Wildman–Crippen MR) is 89.9 cm³/mol. The molecule has 0 saturated carbocycles. The molecule has 1 saturated heterocycles. The van der Waals surface area contributed by atoms with Crippen molar-refractivity contribution in [3.8, 4) is 0 Å². The molecule has 1 aliphatic rings. The highest BCUT2D eigenvalue weighted by Gasteiger charge is 2.18. The van der Waals surface area contributed by atoms with Gasteiger partial charge in [0, 0.05) is 43.6 Å². The lowest BCUT2D eigenvalue weighted by Gasteiger charge is -2.34. The first-order chi connectivity index (χ1) is 10.0. The van der Waals surface area contributed by atoms with E-state index >= 15 is 0 Å². The summed E-state index contributed by atoms with van der Waals surface area (Å²) in [6.07, 6.45) is 0. The third kappa shape index (κ3) is 5.68. The Balaban J connectivity index is 1.77. The van der Waals surface area contributed by atoms with Crippen molar-refractivity contribution in [1.29, 1.82) is 0 Å². The average molecular weight is 311 g/mol. The summed E-state index contributed by atoms with van der Waals surface area (Å²) in [4.78, 5) is 8.65. The third-order valence-electron chi connectivity index (χ3n) is 3.88. The minimum atomic E-state index is 0.597. The van der Waals surface area contributed by atoms with Gasteiger partial charge in [-0.15, -0.1) is 11.3 Å². The first-order valence-electron chi connectivity index (χ1n) is 7.76. The molecule has 21 heavy (non-hydrogen) atoms. The molecule has 0 unspecified atom stereocenters. The summed E-state index contributed by atoms with van der Waals surface area (Å²) < 4.78 is 5.43. The summed E-state index contributed by atoms with van der Waals surface area (Å²) in [5.74, 6) is 0. The normalized spacial score (nSPS) is 18.6. The van der Waals surface area contributed by atoms with E-state index in [9.17, 15) is 0 Å². The lowest BCUT2D eigenvalue weighted by Crippen LogP contribution is -2.46. The second-order valence-electron chi connectivity index (χ2n) is 6.35. The van der Waals surface area contributed by atoms with Crippen LogP contribution in [0.2, 0.25) is 0 Å². The molecule has 1 atom stereocenters. The quantitative estimate of drug-likeness (QED) is 0.766.